The van der Waals surface area contributed by atoms with Crippen LogP contribution >= 0.6 is 11.3 Å². The summed E-state index contributed by atoms with van der Waals surface area (Å²) in [6.07, 6.45) is 0.0525. The average Bonchev–Trinajstić information content (AvgIpc) is 3.01. The van der Waals surface area contributed by atoms with Crippen molar-refractivity contribution >= 4 is 22.2 Å². The number of nitrogens with zero attached hydrogens (tertiary/aromatic N) is 2. The minimum Gasteiger partial charge on any atom is -0.493 e. The van der Waals surface area contributed by atoms with E-state index in [2.05, 4.69) is 29.4 Å². The molecule has 1 aromatic carbocycles. The fourth-order valence-corrected chi connectivity index (χ4v) is 3.01. The summed E-state index contributed by atoms with van der Waals surface area (Å²) in [5.74, 6) is 2.00. The number of hydrogen-bond donors (Lipinski definition) is 2. The van der Waals surface area contributed by atoms with Crippen molar-refractivity contribution in [2.24, 2.45) is 5.92 Å². The van der Waals surface area contributed by atoms with Gasteiger partial charge in [0.25, 0.3) is 0 Å². The highest BCUT2D eigenvalue weighted by Gasteiger charge is 2.17. The van der Waals surface area contributed by atoms with E-state index in [1.165, 1.54) is 11.3 Å². The molecule has 2 rings (SSSR count). The molecule has 0 aliphatic carbocycles. The van der Waals surface area contributed by atoms with Gasteiger partial charge in [-0.2, -0.15) is 0 Å². The number of anilines is 2. The molecule has 0 saturated carbocycles. The second kappa shape index (κ2) is 8.16. The number of nitrogens with one attached hydrogen (secondary N) is 1. The average molecular weight is 353 g/mol. The third-order valence-corrected chi connectivity index (χ3v) is 4.28. The van der Waals surface area contributed by atoms with Gasteiger partial charge in [0.05, 0.1) is 21.3 Å². The van der Waals surface area contributed by atoms with Crippen molar-refractivity contribution in [3.05, 3.63) is 17.1 Å². The summed E-state index contributed by atoms with van der Waals surface area (Å²) < 4.78 is 16.0. The molecule has 24 heavy (non-hydrogen) atoms. The Morgan fingerprint density at radius 2 is 1.71 bits per heavy atom. The van der Waals surface area contributed by atoms with Crippen LogP contribution in [0.3, 0.4) is 0 Å². The lowest BCUT2D eigenvalue weighted by molar-refractivity contribution is 0.150. The summed E-state index contributed by atoms with van der Waals surface area (Å²) in [5.41, 5.74) is 0.727. The van der Waals surface area contributed by atoms with Gasteiger partial charge in [-0.05, 0) is 12.3 Å². The highest BCUT2D eigenvalue weighted by Crippen LogP contribution is 2.41. The maximum Gasteiger partial charge on any atom is 0.210 e. The first kappa shape index (κ1) is 18.3. The van der Waals surface area contributed by atoms with Gasteiger partial charge in [0.15, 0.2) is 11.5 Å². The summed E-state index contributed by atoms with van der Waals surface area (Å²) in [6.45, 7) is 4.11. The van der Waals surface area contributed by atoms with Crippen molar-refractivity contribution in [2.75, 3.05) is 26.6 Å². The fourth-order valence-electron chi connectivity index (χ4n) is 2.24. The van der Waals surface area contributed by atoms with Crippen molar-refractivity contribution in [1.29, 1.82) is 0 Å². The van der Waals surface area contributed by atoms with E-state index in [0.717, 1.165) is 5.69 Å². The summed E-state index contributed by atoms with van der Waals surface area (Å²) >= 11 is 1.32. The Bertz CT molecular complexity index is 650. The quantitative estimate of drug-likeness (QED) is 0.752. The lowest BCUT2D eigenvalue weighted by Gasteiger charge is -2.14. The summed E-state index contributed by atoms with van der Waals surface area (Å²) in [4.78, 5) is 0. The smallest absolute Gasteiger partial charge is 0.210 e. The Balaban J connectivity index is 2.21. The summed E-state index contributed by atoms with van der Waals surface area (Å²) in [5, 5.41) is 22.6. The van der Waals surface area contributed by atoms with Crippen molar-refractivity contribution in [2.45, 2.75) is 26.4 Å². The molecule has 1 unspecified atom stereocenters. The summed E-state index contributed by atoms with van der Waals surface area (Å²) in [7, 11) is 4.68. The van der Waals surface area contributed by atoms with E-state index in [1.807, 2.05) is 0 Å². The zero-order valence-electron chi connectivity index (χ0n) is 14.5. The third-order valence-electron chi connectivity index (χ3n) is 3.34. The Labute approximate surface area is 145 Å². The van der Waals surface area contributed by atoms with Crippen molar-refractivity contribution in [3.8, 4) is 17.2 Å². The van der Waals surface area contributed by atoms with Crippen LogP contribution in [-0.2, 0) is 0 Å². The topological polar surface area (TPSA) is 85.7 Å². The SMILES string of the molecule is COc1cc(Nc2nnc(C(O)CC(C)C)s2)cc(OC)c1OC. The standard InChI is InChI=1S/C16H23N3O4S/c1-9(2)6-11(20)15-18-19-16(24-15)17-10-7-12(21-3)14(23-5)13(8-10)22-4/h7-9,11,20H,6H2,1-5H3,(H,17,19). The number of benzene rings is 1. The van der Waals surface area contributed by atoms with Crippen LogP contribution in [0.1, 0.15) is 31.4 Å². The van der Waals surface area contributed by atoms with Crippen LogP contribution in [0.4, 0.5) is 10.8 Å². The highest BCUT2D eigenvalue weighted by atomic mass is 32.1. The van der Waals surface area contributed by atoms with E-state index < -0.39 is 6.10 Å². The number of rotatable bonds is 8. The molecule has 0 aliphatic heterocycles. The van der Waals surface area contributed by atoms with Gasteiger partial charge in [-0.15, -0.1) is 10.2 Å². The van der Waals surface area contributed by atoms with Gasteiger partial charge in [-0.25, -0.2) is 0 Å². The van der Waals surface area contributed by atoms with Gasteiger partial charge >= 0.3 is 0 Å². The lowest BCUT2D eigenvalue weighted by Crippen LogP contribution is -2.01. The normalized spacial score (nSPS) is 12.1. The molecule has 0 fully saturated rings. The number of aliphatic hydroxyl groups excluding tert-OH is 1. The predicted octanol–water partition coefficient (Wildman–Crippen LogP) is 3.39. The first-order chi connectivity index (χ1) is 11.5. The molecule has 132 valence electrons. The van der Waals surface area contributed by atoms with Crippen LogP contribution in [0, 0.1) is 5.92 Å². The van der Waals surface area contributed by atoms with Gasteiger partial charge in [-0.1, -0.05) is 25.2 Å². The van der Waals surface area contributed by atoms with E-state index in [0.29, 0.717) is 39.7 Å². The predicted molar refractivity (Wildman–Crippen MR) is 93.7 cm³/mol. The number of ether oxygens (including phenoxy) is 3. The summed E-state index contributed by atoms with van der Waals surface area (Å²) in [6, 6.07) is 3.57. The van der Waals surface area contributed by atoms with Crippen LogP contribution in [-0.4, -0.2) is 36.6 Å². The van der Waals surface area contributed by atoms with Crippen LogP contribution in [0.5, 0.6) is 17.2 Å². The monoisotopic (exact) mass is 353 g/mol. The molecule has 0 amide bonds. The zero-order chi connectivity index (χ0) is 17.7. The molecule has 0 spiro atoms. The Morgan fingerprint density at radius 1 is 1.08 bits per heavy atom. The minimum absolute atomic E-state index is 0.385. The van der Waals surface area contributed by atoms with Crippen LogP contribution in [0.25, 0.3) is 0 Å². The molecule has 7 nitrogen and oxygen atoms in total. The van der Waals surface area contributed by atoms with E-state index in [4.69, 9.17) is 14.2 Å². The van der Waals surface area contributed by atoms with E-state index >= 15 is 0 Å². The van der Waals surface area contributed by atoms with Crippen LogP contribution in [0.2, 0.25) is 0 Å². The minimum atomic E-state index is -0.599. The first-order valence-corrected chi connectivity index (χ1v) is 8.38. The lowest BCUT2D eigenvalue weighted by atomic mass is 10.1. The maximum atomic E-state index is 10.1. The van der Waals surface area contributed by atoms with Gasteiger partial charge in [-0.3, -0.25) is 0 Å². The Kier molecular flexibility index (Phi) is 6.22. The molecule has 0 aliphatic rings. The maximum absolute atomic E-state index is 10.1. The van der Waals surface area contributed by atoms with Crippen molar-refractivity contribution in [3.63, 3.8) is 0 Å². The van der Waals surface area contributed by atoms with E-state index in [9.17, 15) is 5.11 Å². The van der Waals surface area contributed by atoms with Gasteiger partial charge in [0, 0.05) is 17.8 Å². The molecule has 0 radical (unpaired) electrons. The zero-order valence-corrected chi connectivity index (χ0v) is 15.3. The number of aromatic nitrogens is 2. The highest BCUT2D eigenvalue weighted by molar-refractivity contribution is 7.15. The van der Waals surface area contributed by atoms with Crippen LogP contribution in [0.15, 0.2) is 12.1 Å². The Morgan fingerprint density at radius 3 is 2.21 bits per heavy atom. The molecular weight excluding hydrogens is 330 g/mol. The second-order valence-electron chi connectivity index (χ2n) is 5.63. The fraction of sp³-hybridized carbons (Fsp3) is 0.500. The van der Waals surface area contributed by atoms with Gasteiger partial charge in [0.2, 0.25) is 10.9 Å². The number of methoxy groups -OCH3 is 3. The number of hydrogen-bond acceptors (Lipinski definition) is 8. The molecule has 2 aromatic rings. The van der Waals surface area contributed by atoms with E-state index in [1.54, 1.807) is 33.5 Å². The largest absolute Gasteiger partial charge is 0.493 e. The first-order valence-electron chi connectivity index (χ1n) is 7.57. The molecular formula is C16H23N3O4S. The van der Waals surface area contributed by atoms with Gasteiger partial charge in [0.1, 0.15) is 11.1 Å². The molecule has 1 heterocycles. The molecule has 1 aromatic heterocycles. The Hall–Kier alpha value is -2.06. The van der Waals surface area contributed by atoms with Crippen LogP contribution < -0.4 is 19.5 Å². The van der Waals surface area contributed by atoms with Crippen molar-refractivity contribution < 1.29 is 19.3 Å². The molecule has 2 N–H and O–H groups in total. The third kappa shape index (κ3) is 4.27. The van der Waals surface area contributed by atoms with Crippen molar-refractivity contribution in [1.82, 2.24) is 10.2 Å². The molecule has 0 bridgehead atoms. The molecule has 0 saturated heterocycles. The molecule has 8 heteroatoms. The second-order valence-corrected chi connectivity index (χ2v) is 6.64. The van der Waals surface area contributed by atoms with Gasteiger partial charge < -0.3 is 24.6 Å². The molecule has 1 atom stereocenters. The number of aliphatic hydroxyl groups is 1. The van der Waals surface area contributed by atoms with E-state index in [-0.39, 0.29) is 0 Å².